The number of amides is 2. The van der Waals surface area contributed by atoms with Crippen molar-refractivity contribution in [1.82, 2.24) is 21.4 Å². The van der Waals surface area contributed by atoms with Crippen LogP contribution >= 0.6 is 0 Å². The summed E-state index contributed by atoms with van der Waals surface area (Å²) in [5.41, 5.74) is 1.56. The van der Waals surface area contributed by atoms with Crippen LogP contribution in [0.1, 0.15) is 131 Å². The molecule has 1 saturated heterocycles. The van der Waals surface area contributed by atoms with Gasteiger partial charge in [-0.15, -0.1) is 0 Å². The van der Waals surface area contributed by atoms with Gasteiger partial charge in [0, 0.05) is 19.4 Å². The molecule has 1 aliphatic heterocycles. The van der Waals surface area contributed by atoms with Crippen LogP contribution in [0.5, 0.6) is 0 Å². The minimum atomic E-state index is -0.814. The Bertz CT molecular complexity index is 1120. The predicted molar refractivity (Wildman–Crippen MR) is 180 cm³/mol. The quantitative estimate of drug-likeness (QED) is 0.0288. The van der Waals surface area contributed by atoms with E-state index < -0.39 is 29.8 Å². The van der Waals surface area contributed by atoms with Gasteiger partial charge in [0.2, 0.25) is 11.8 Å². The maximum atomic E-state index is 13.8. The molecule has 2 bridgehead atoms. The number of nitrogens with one attached hydrogen (secondary N) is 5. The van der Waals surface area contributed by atoms with E-state index in [1.165, 1.54) is 0 Å². The number of hydrogen-bond acceptors (Lipinski definition) is 8. The average molecular weight is 660 g/mol. The molecular weight excluding hydrogens is 601 g/mol. The van der Waals surface area contributed by atoms with Gasteiger partial charge in [0.1, 0.15) is 6.04 Å². The van der Waals surface area contributed by atoms with Crippen LogP contribution in [0.2, 0.25) is 0 Å². The van der Waals surface area contributed by atoms with E-state index in [0.717, 1.165) is 64.2 Å². The van der Waals surface area contributed by atoms with Gasteiger partial charge in [0.25, 0.3) is 5.96 Å². The molecule has 0 aromatic heterocycles. The molecule has 1 heterocycles. The Morgan fingerprint density at radius 2 is 1.70 bits per heavy atom. The highest BCUT2D eigenvalue weighted by molar-refractivity contribution is 6.48. The smallest absolute Gasteiger partial charge is 0.404 e. The van der Waals surface area contributed by atoms with E-state index in [-0.39, 0.29) is 41.7 Å². The number of carbonyl (C=O) groups excluding carboxylic acids is 2. The zero-order chi connectivity index (χ0) is 34.6. The minimum absolute atomic E-state index is 0.0101. The molecule has 3 saturated carbocycles. The van der Waals surface area contributed by atoms with Crippen LogP contribution in [-0.4, -0.2) is 60.2 Å². The molecule has 5 N–H and O–H groups in total. The third-order valence-electron chi connectivity index (χ3n) is 10.6. The predicted octanol–water partition coefficient (Wildman–Crippen LogP) is 4.78. The fourth-order valence-electron chi connectivity index (χ4n) is 7.84. The highest BCUT2D eigenvalue weighted by Gasteiger charge is 2.68. The third kappa shape index (κ3) is 11.1. The SMILES string of the molecule is CC(C)C[C@H](NC(=O)[C@H](CCCNC(=N)N[N+](=O)[O-])NC(=O)CCCCCCCCCCC#N)B1O[C@@H]2C[C@@H]3C[C@@H](C3(C)C)[C@]2(C)O1. The summed E-state index contributed by atoms with van der Waals surface area (Å²) in [6, 6.07) is 1.37. The Hall–Kier alpha value is -2.92. The molecule has 6 atom stereocenters. The first-order chi connectivity index (χ1) is 22.3. The Labute approximate surface area is 281 Å². The fraction of sp³-hybridized carbons (Fsp3) is 0.879. The average Bonchev–Trinajstić information content (AvgIpc) is 3.36. The normalized spacial score (nSPS) is 25.1. The lowest BCUT2D eigenvalue weighted by atomic mass is 9.43. The van der Waals surface area contributed by atoms with Crippen LogP contribution in [-0.2, 0) is 18.9 Å². The van der Waals surface area contributed by atoms with E-state index in [9.17, 15) is 19.7 Å². The Balaban J connectivity index is 1.55. The highest BCUT2D eigenvalue weighted by atomic mass is 16.7. The first-order valence-corrected chi connectivity index (χ1v) is 17.8. The van der Waals surface area contributed by atoms with Crippen molar-refractivity contribution in [2.75, 3.05) is 6.54 Å². The molecule has 0 radical (unpaired) electrons. The first kappa shape index (κ1) is 38.5. The van der Waals surface area contributed by atoms with E-state index in [4.69, 9.17) is 20.0 Å². The molecule has 47 heavy (non-hydrogen) atoms. The fourth-order valence-corrected chi connectivity index (χ4v) is 7.84. The van der Waals surface area contributed by atoms with E-state index >= 15 is 0 Å². The van der Waals surface area contributed by atoms with Crippen molar-refractivity contribution >= 4 is 24.9 Å². The van der Waals surface area contributed by atoms with Crippen LogP contribution in [0.25, 0.3) is 0 Å². The number of guanidine groups is 1. The lowest BCUT2D eigenvalue weighted by Gasteiger charge is -2.64. The van der Waals surface area contributed by atoms with Gasteiger partial charge in [-0.3, -0.25) is 15.0 Å². The lowest BCUT2D eigenvalue weighted by Crippen LogP contribution is -2.65. The molecule has 0 aromatic rings. The molecule has 3 aliphatic carbocycles. The molecule has 0 spiro atoms. The van der Waals surface area contributed by atoms with Crippen molar-refractivity contribution in [3.63, 3.8) is 0 Å². The Morgan fingerprint density at radius 3 is 2.32 bits per heavy atom. The largest absolute Gasteiger partial charge is 0.481 e. The summed E-state index contributed by atoms with van der Waals surface area (Å²) in [5, 5.41) is 34.7. The summed E-state index contributed by atoms with van der Waals surface area (Å²) < 4.78 is 13.2. The van der Waals surface area contributed by atoms with E-state index in [1.807, 2.05) is 0 Å². The maximum Gasteiger partial charge on any atom is 0.481 e. The number of hydrazine groups is 1. The second-order valence-electron chi connectivity index (χ2n) is 15.0. The van der Waals surface area contributed by atoms with Crippen LogP contribution in [0, 0.1) is 50.0 Å². The van der Waals surface area contributed by atoms with E-state index in [1.54, 1.807) is 5.43 Å². The molecule has 2 amide bonds. The number of nitrogens with zero attached hydrogens (tertiary/aromatic N) is 2. The van der Waals surface area contributed by atoms with Gasteiger partial charge in [-0.05, 0) is 75.0 Å². The highest BCUT2D eigenvalue weighted by Crippen LogP contribution is 2.65. The van der Waals surface area contributed by atoms with Crippen molar-refractivity contribution < 1.29 is 23.9 Å². The van der Waals surface area contributed by atoms with Crippen molar-refractivity contribution in [2.24, 2.45) is 23.2 Å². The number of hydrogen-bond donors (Lipinski definition) is 5. The van der Waals surface area contributed by atoms with Crippen molar-refractivity contribution in [3.05, 3.63) is 10.1 Å². The van der Waals surface area contributed by atoms with Gasteiger partial charge in [-0.1, -0.05) is 71.6 Å². The van der Waals surface area contributed by atoms with Crippen molar-refractivity contribution in [2.45, 2.75) is 155 Å². The summed E-state index contributed by atoms with van der Waals surface area (Å²) in [7, 11) is -0.579. The van der Waals surface area contributed by atoms with Crippen molar-refractivity contribution in [3.8, 4) is 6.07 Å². The standard InChI is InChI=1S/C33H58BN7O6/c1-23(2)20-28(34-46-27-22-24-21-26(32(24,3)4)33(27,5)47-34)39-30(43)25(16-15-19-37-31(36)40-41(44)45)38-29(42)17-13-11-9-7-6-8-10-12-14-18-35/h23-28H,6-17,19-22H2,1-5H3,(H,38,42)(H,39,43)(H3,36,37,40)/t24-,25-,26-,27+,28-,33-/m0/s1. The number of unbranched alkanes of at least 4 members (excludes halogenated alkanes) is 8. The van der Waals surface area contributed by atoms with Crippen LogP contribution in [0.15, 0.2) is 0 Å². The van der Waals surface area contributed by atoms with Crippen LogP contribution in [0.3, 0.4) is 0 Å². The maximum absolute atomic E-state index is 13.8. The number of nitro groups is 1. The second kappa shape index (κ2) is 18.0. The molecule has 4 aliphatic rings. The zero-order valence-corrected chi connectivity index (χ0v) is 29.2. The van der Waals surface area contributed by atoms with E-state index in [2.05, 4.69) is 56.6 Å². The molecule has 0 unspecified atom stereocenters. The van der Waals surface area contributed by atoms with Crippen molar-refractivity contribution in [1.29, 1.82) is 10.7 Å². The molecule has 13 nitrogen and oxygen atoms in total. The first-order valence-electron chi connectivity index (χ1n) is 17.8. The number of carbonyl (C=O) groups is 2. The minimum Gasteiger partial charge on any atom is -0.404 e. The van der Waals surface area contributed by atoms with Crippen LogP contribution in [0.4, 0.5) is 0 Å². The molecular formula is C33H58BN7O6. The number of nitriles is 1. The van der Waals surface area contributed by atoms with Crippen LogP contribution < -0.4 is 21.4 Å². The van der Waals surface area contributed by atoms with Gasteiger partial charge < -0.3 is 25.3 Å². The molecule has 14 heteroatoms. The summed E-state index contributed by atoms with van der Waals surface area (Å²) in [6.45, 7) is 11.2. The topological polar surface area (TPSA) is 191 Å². The molecule has 264 valence electrons. The Morgan fingerprint density at radius 1 is 1.04 bits per heavy atom. The summed E-state index contributed by atoms with van der Waals surface area (Å²) >= 11 is 0. The monoisotopic (exact) mass is 659 g/mol. The zero-order valence-electron chi connectivity index (χ0n) is 29.2. The van der Waals surface area contributed by atoms with E-state index in [0.29, 0.717) is 43.9 Å². The van der Waals surface area contributed by atoms with Gasteiger partial charge >= 0.3 is 7.12 Å². The second-order valence-corrected chi connectivity index (χ2v) is 15.0. The van der Waals surface area contributed by atoms with Gasteiger partial charge in [0.05, 0.1) is 23.7 Å². The summed E-state index contributed by atoms with van der Waals surface area (Å²) in [5.74, 6) is -0.0469. The van der Waals surface area contributed by atoms with Gasteiger partial charge in [-0.2, -0.15) is 5.26 Å². The lowest BCUT2D eigenvalue weighted by molar-refractivity contribution is -0.525. The van der Waals surface area contributed by atoms with Gasteiger partial charge in [0.15, 0.2) is 5.03 Å². The summed E-state index contributed by atoms with van der Waals surface area (Å²) in [6.07, 6.45) is 12.5. The molecule has 4 rings (SSSR count). The van der Waals surface area contributed by atoms with Gasteiger partial charge in [-0.25, -0.2) is 10.1 Å². The number of rotatable bonds is 21. The molecule has 4 fully saturated rings. The summed E-state index contributed by atoms with van der Waals surface area (Å²) in [4.78, 5) is 37.4. The Kier molecular flexibility index (Phi) is 14.8. The molecule has 0 aromatic carbocycles. The third-order valence-corrected chi connectivity index (χ3v) is 10.6.